The summed E-state index contributed by atoms with van der Waals surface area (Å²) in [6.45, 7) is -3.22. The molecule has 0 spiro atoms. The molecular formula is C10H9F2N3O. The summed E-state index contributed by atoms with van der Waals surface area (Å²) in [5, 5.41) is 12.7. The lowest BCUT2D eigenvalue weighted by atomic mass is 10.2. The second-order valence-electron chi connectivity index (χ2n) is 3.14. The Morgan fingerprint density at radius 2 is 2.00 bits per heavy atom. The zero-order chi connectivity index (χ0) is 11.5. The molecule has 0 aliphatic carbocycles. The second-order valence-corrected chi connectivity index (χ2v) is 3.14. The first-order chi connectivity index (χ1) is 7.72. The van der Waals surface area contributed by atoms with Gasteiger partial charge in [0.25, 0.3) is 0 Å². The molecule has 1 N–H and O–H groups in total. The molecule has 4 nitrogen and oxygen atoms in total. The summed E-state index contributed by atoms with van der Waals surface area (Å²) < 4.78 is 25.6. The van der Waals surface area contributed by atoms with Crippen LogP contribution in [0.1, 0.15) is 12.2 Å². The fourth-order valence-electron chi connectivity index (χ4n) is 1.38. The minimum absolute atomic E-state index is 0.0850. The van der Waals surface area contributed by atoms with Crippen LogP contribution in [-0.4, -0.2) is 19.9 Å². The van der Waals surface area contributed by atoms with Gasteiger partial charge in [-0.3, -0.25) is 4.98 Å². The largest absolute Gasteiger partial charge is 0.390 e. The number of aliphatic hydroxyl groups excluding tert-OH is 1. The highest BCUT2D eigenvalue weighted by atomic mass is 19.3. The molecule has 0 amide bonds. The fourth-order valence-corrected chi connectivity index (χ4v) is 1.38. The van der Waals surface area contributed by atoms with E-state index in [1.54, 1.807) is 24.5 Å². The van der Waals surface area contributed by atoms with Gasteiger partial charge < -0.3 is 5.11 Å². The third kappa shape index (κ3) is 1.92. The molecule has 0 unspecified atom stereocenters. The number of rotatable bonds is 3. The lowest BCUT2D eigenvalue weighted by Crippen LogP contribution is -2.05. The maximum absolute atomic E-state index is 12.5. The van der Waals surface area contributed by atoms with E-state index in [1.807, 2.05) is 0 Å². The van der Waals surface area contributed by atoms with Crippen LogP contribution in [0.4, 0.5) is 8.78 Å². The van der Waals surface area contributed by atoms with Crippen LogP contribution < -0.4 is 0 Å². The van der Waals surface area contributed by atoms with Crippen molar-refractivity contribution in [1.29, 1.82) is 0 Å². The van der Waals surface area contributed by atoms with E-state index in [-0.39, 0.29) is 5.69 Å². The first kappa shape index (κ1) is 10.7. The molecule has 2 rings (SSSR count). The molecule has 0 fully saturated rings. The number of aliphatic hydroxyl groups is 1. The first-order valence-electron chi connectivity index (χ1n) is 4.60. The molecule has 0 aliphatic rings. The number of nitrogens with zero attached hydrogens (tertiary/aromatic N) is 3. The van der Waals surface area contributed by atoms with Gasteiger partial charge in [0.2, 0.25) is 0 Å². The Morgan fingerprint density at radius 1 is 1.31 bits per heavy atom. The molecule has 0 saturated heterocycles. The van der Waals surface area contributed by atoms with E-state index < -0.39 is 13.2 Å². The summed E-state index contributed by atoms with van der Waals surface area (Å²) in [6, 6.07) is 4.76. The van der Waals surface area contributed by atoms with E-state index >= 15 is 0 Å². The monoisotopic (exact) mass is 225 g/mol. The summed E-state index contributed by atoms with van der Waals surface area (Å²) in [7, 11) is 0. The Hall–Kier alpha value is -1.82. The predicted molar refractivity (Wildman–Crippen MR) is 52.6 cm³/mol. The highest BCUT2D eigenvalue weighted by molar-refractivity contribution is 5.58. The lowest BCUT2D eigenvalue weighted by Gasteiger charge is -2.01. The summed E-state index contributed by atoms with van der Waals surface area (Å²) in [5.74, 6) is 0. The van der Waals surface area contributed by atoms with Crippen molar-refractivity contribution in [3.05, 3.63) is 36.3 Å². The van der Waals surface area contributed by atoms with Gasteiger partial charge in [0.1, 0.15) is 0 Å². The van der Waals surface area contributed by atoms with E-state index in [9.17, 15) is 8.78 Å². The smallest absolute Gasteiger partial charge is 0.333 e. The molecule has 0 radical (unpaired) electrons. The maximum atomic E-state index is 12.5. The van der Waals surface area contributed by atoms with Crippen molar-refractivity contribution in [2.24, 2.45) is 0 Å². The zero-order valence-corrected chi connectivity index (χ0v) is 8.22. The topological polar surface area (TPSA) is 50.9 Å². The maximum Gasteiger partial charge on any atom is 0.333 e. The molecule has 0 saturated carbocycles. The van der Waals surface area contributed by atoms with Crippen LogP contribution in [0.3, 0.4) is 0 Å². The van der Waals surface area contributed by atoms with Crippen LogP contribution >= 0.6 is 0 Å². The van der Waals surface area contributed by atoms with Gasteiger partial charge in [-0.1, -0.05) is 0 Å². The van der Waals surface area contributed by atoms with Crippen LogP contribution in [0.5, 0.6) is 0 Å². The standard InChI is InChI=1S/C10H9F2N3O/c11-10(12)15-8(6-16)5-9(14-15)7-1-3-13-4-2-7/h1-5,10,16H,6H2. The van der Waals surface area contributed by atoms with Crippen LogP contribution in [0, 0.1) is 0 Å². The van der Waals surface area contributed by atoms with Crippen molar-refractivity contribution < 1.29 is 13.9 Å². The van der Waals surface area contributed by atoms with E-state index in [1.165, 1.54) is 6.07 Å². The highest BCUT2D eigenvalue weighted by Gasteiger charge is 2.15. The Morgan fingerprint density at radius 3 is 2.50 bits per heavy atom. The SMILES string of the molecule is OCc1cc(-c2ccncc2)nn1C(F)F. The molecule has 2 heterocycles. The van der Waals surface area contributed by atoms with Gasteiger partial charge in [-0.05, 0) is 18.2 Å². The Labute approximate surface area is 90.2 Å². The number of hydrogen-bond acceptors (Lipinski definition) is 3. The predicted octanol–water partition coefficient (Wildman–Crippen LogP) is 1.83. The minimum Gasteiger partial charge on any atom is -0.390 e. The Bertz CT molecular complexity index is 470. The Kier molecular flexibility index (Phi) is 2.91. The second kappa shape index (κ2) is 4.36. The van der Waals surface area contributed by atoms with E-state index in [0.29, 0.717) is 15.9 Å². The number of aromatic nitrogens is 3. The van der Waals surface area contributed by atoms with Crippen LogP contribution in [-0.2, 0) is 6.61 Å². The van der Waals surface area contributed by atoms with Gasteiger partial charge >= 0.3 is 6.55 Å². The molecule has 0 aromatic carbocycles. The molecular weight excluding hydrogens is 216 g/mol. The first-order valence-corrected chi connectivity index (χ1v) is 4.60. The molecule has 6 heteroatoms. The van der Waals surface area contributed by atoms with Crippen molar-refractivity contribution >= 4 is 0 Å². The van der Waals surface area contributed by atoms with Gasteiger partial charge in [-0.15, -0.1) is 0 Å². The molecule has 16 heavy (non-hydrogen) atoms. The van der Waals surface area contributed by atoms with Gasteiger partial charge in [0.05, 0.1) is 18.0 Å². The molecule has 0 aliphatic heterocycles. The molecule has 2 aromatic rings. The van der Waals surface area contributed by atoms with E-state index in [2.05, 4.69) is 10.1 Å². The van der Waals surface area contributed by atoms with Crippen LogP contribution in [0.2, 0.25) is 0 Å². The third-order valence-corrected chi connectivity index (χ3v) is 2.14. The van der Waals surface area contributed by atoms with Crippen LogP contribution in [0.15, 0.2) is 30.6 Å². The quantitative estimate of drug-likeness (QED) is 0.867. The summed E-state index contributed by atoms with van der Waals surface area (Å²) in [6.07, 6.45) is 3.10. The van der Waals surface area contributed by atoms with Gasteiger partial charge in [-0.25, -0.2) is 4.68 Å². The van der Waals surface area contributed by atoms with Crippen molar-refractivity contribution in [1.82, 2.24) is 14.8 Å². The average molecular weight is 225 g/mol. The van der Waals surface area contributed by atoms with Crippen molar-refractivity contribution in [2.75, 3.05) is 0 Å². The van der Waals surface area contributed by atoms with Crippen molar-refractivity contribution in [3.63, 3.8) is 0 Å². The minimum atomic E-state index is -2.75. The number of hydrogen-bond donors (Lipinski definition) is 1. The van der Waals surface area contributed by atoms with Crippen LogP contribution in [0.25, 0.3) is 11.3 Å². The van der Waals surface area contributed by atoms with E-state index in [4.69, 9.17) is 5.11 Å². The fraction of sp³-hybridized carbons (Fsp3) is 0.200. The number of pyridine rings is 1. The molecule has 0 atom stereocenters. The summed E-state index contributed by atoms with van der Waals surface area (Å²) in [5.41, 5.74) is 1.16. The van der Waals surface area contributed by atoms with Gasteiger partial charge in [0, 0.05) is 18.0 Å². The highest BCUT2D eigenvalue weighted by Crippen LogP contribution is 2.21. The van der Waals surface area contributed by atoms with Crippen molar-refractivity contribution in [3.8, 4) is 11.3 Å². The number of alkyl halides is 2. The van der Waals surface area contributed by atoms with E-state index in [0.717, 1.165) is 0 Å². The Balaban J connectivity index is 2.44. The van der Waals surface area contributed by atoms with Crippen molar-refractivity contribution in [2.45, 2.75) is 13.2 Å². The molecule has 2 aromatic heterocycles. The normalized spacial score (nSPS) is 11.0. The third-order valence-electron chi connectivity index (χ3n) is 2.14. The zero-order valence-electron chi connectivity index (χ0n) is 8.22. The molecule has 84 valence electrons. The summed E-state index contributed by atoms with van der Waals surface area (Å²) in [4.78, 5) is 3.82. The van der Waals surface area contributed by atoms with Gasteiger partial charge in [-0.2, -0.15) is 13.9 Å². The molecule has 0 bridgehead atoms. The number of halogens is 2. The lowest BCUT2D eigenvalue weighted by molar-refractivity contribution is 0.0492. The van der Waals surface area contributed by atoms with Gasteiger partial charge in [0.15, 0.2) is 0 Å². The average Bonchev–Trinajstić information content (AvgIpc) is 2.74. The summed E-state index contributed by atoms with van der Waals surface area (Å²) >= 11 is 0.